The standard InChI is InChI=1S/C12H14ClNO4/c1-6-9(10(14)12(15)16)7(13)5-8-11(6)18-4-2-3-17-8/h5,10H,2-4,14H2,1H3,(H,15,16). The van der Waals surface area contributed by atoms with Crippen molar-refractivity contribution in [2.24, 2.45) is 5.73 Å². The minimum absolute atomic E-state index is 0.284. The number of benzene rings is 1. The van der Waals surface area contributed by atoms with Gasteiger partial charge in [0, 0.05) is 23.6 Å². The molecule has 0 radical (unpaired) electrons. The second-order valence-corrected chi connectivity index (χ2v) is 4.50. The van der Waals surface area contributed by atoms with Crippen LogP contribution in [0.5, 0.6) is 11.5 Å². The predicted molar refractivity (Wildman–Crippen MR) is 66.4 cm³/mol. The zero-order chi connectivity index (χ0) is 13.3. The molecule has 0 bridgehead atoms. The van der Waals surface area contributed by atoms with Crippen LogP contribution >= 0.6 is 11.6 Å². The Labute approximate surface area is 109 Å². The first-order valence-corrected chi connectivity index (χ1v) is 5.97. The highest BCUT2D eigenvalue weighted by Crippen LogP contribution is 2.41. The minimum Gasteiger partial charge on any atom is -0.489 e. The molecule has 1 unspecified atom stereocenters. The van der Waals surface area contributed by atoms with E-state index in [-0.39, 0.29) is 5.02 Å². The maximum Gasteiger partial charge on any atom is 0.325 e. The molecule has 1 heterocycles. The van der Waals surface area contributed by atoms with Gasteiger partial charge in [-0.1, -0.05) is 11.6 Å². The second kappa shape index (κ2) is 5.04. The highest BCUT2D eigenvalue weighted by Gasteiger charge is 2.25. The van der Waals surface area contributed by atoms with Gasteiger partial charge in [-0.15, -0.1) is 0 Å². The molecule has 0 amide bonds. The van der Waals surface area contributed by atoms with E-state index in [1.54, 1.807) is 13.0 Å². The van der Waals surface area contributed by atoms with Gasteiger partial charge in [-0.25, -0.2) is 0 Å². The Morgan fingerprint density at radius 3 is 2.83 bits per heavy atom. The average molecular weight is 272 g/mol. The van der Waals surface area contributed by atoms with Crippen molar-refractivity contribution in [3.8, 4) is 11.5 Å². The fourth-order valence-corrected chi connectivity index (χ4v) is 2.31. The molecular formula is C12H14ClNO4. The van der Waals surface area contributed by atoms with Crippen molar-refractivity contribution in [1.82, 2.24) is 0 Å². The van der Waals surface area contributed by atoms with Crippen molar-refractivity contribution in [1.29, 1.82) is 0 Å². The van der Waals surface area contributed by atoms with E-state index in [0.29, 0.717) is 35.8 Å². The fraction of sp³-hybridized carbons (Fsp3) is 0.417. The van der Waals surface area contributed by atoms with Crippen molar-refractivity contribution in [2.75, 3.05) is 13.2 Å². The van der Waals surface area contributed by atoms with Gasteiger partial charge in [-0.3, -0.25) is 4.79 Å². The maximum atomic E-state index is 11.0. The first-order valence-electron chi connectivity index (χ1n) is 5.59. The summed E-state index contributed by atoms with van der Waals surface area (Å²) in [6.45, 7) is 2.81. The van der Waals surface area contributed by atoms with E-state index < -0.39 is 12.0 Å². The lowest BCUT2D eigenvalue weighted by molar-refractivity contribution is -0.138. The summed E-state index contributed by atoms with van der Waals surface area (Å²) in [6, 6.07) is 0.391. The number of aliphatic carboxylic acids is 1. The smallest absolute Gasteiger partial charge is 0.325 e. The Kier molecular flexibility index (Phi) is 3.63. The Morgan fingerprint density at radius 2 is 2.17 bits per heavy atom. The predicted octanol–water partition coefficient (Wildman–Crippen LogP) is 1.89. The molecule has 1 atom stereocenters. The Balaban J connectivity index is 2.55. The van der Waals surface area contributed by atoms with Gasteiger partial charge in [0.05, 0.1) is 18.2 Å². The van der Waals surface area contributed by atoms with Crippen LogP contribution in [-0.4, -0.2) is 24.3 Å². The van der Waals surface area contributed by atoms with Crippen LogP contribution in [0.3, 0.4) is 0 Å². The highest BCUT2D eigenvalue weighted by molar-refractivity contribution is 6.32. The quantitative estimate of drug-likeness (QED) is 0.858. The van der Waals surface area contributed by atoms with Gasteiger partial charge in [-0.05, 0) is 6.92 Å². The molecule has 0 fully saturated rings. The van der Waals surface area contributed by atoms with Crippen LogP contribution < -0.4 is 15.2 Å². The lowest BCUT2D eigenvalue weighted by Crippen LogP contribution is -2.22. The number of fused-ring (bicyclic) bond motifs is 1. The summed E-state index contributed by atoms with van der Waals surface area (Å²) in [5.41, 5.74) is 6.62. The molecule has 1 aromatic carbocycles. The number of nitrogens with two attached hydrogens (primary N) is 1. The third-order valence-corrected chi connectivity index (χ3v) is 3.17. The van der Waals surface area contributed by atoms with Crippen molar-refractivity contribution in [2.45, 2.75) is 19.4 Å². The monoisotopic (exact) mass is 271 g/mol. The molecule has 98 valence electrons. The third kappa shape index (κ3) is 2.23. The average Bonchev–Trinajstić information content (AvgIpc) is 2.54. The summed E-state index contributed by atoms with van der Waals surface area (Å²) in [6.07, 6.45) is 0.770. The molecule has 0 saturated heterocycles. The summed E-state index contributed by atoms with van der Waals surface area (Å²) in [5.74, 6) is -0.0607. The van der Waals surface area contributed by atoms with Crippen LogP contribution in [0.2, 0.25) is 5.02 Å². The number of rotatable bonds is 2. The molecule has 3 N–H and O–H groups in total. The van der Waals surface area contributed by atoms with Crippen molar-refractivity contribution in [3.05, 3.63) is 22.2 Å². The van der Waals surface area contributed by atoms with E-state index in [2.05, 4.69) is 0 Å². The summed E-state index contributed by atoms with van der Waals surface area (Å²) < 4.78 is 11.1. The molecule has 6 heteroatoms. The van der Waals surface area contributed by atoms with Gasteiger partial charge < -0.3 is 20.3 Å². The molecule has 0 aromatic heterocycles. The largest absolute Gasteiger partial charge is 0.489 e. The number of carbonyl (C=O) groups is 1. The summed E-state index contributed by atoms with van der Waals surface area (Å²) >= 11 is 6.08. The molecule has 0 saturated carbocycles. The second-order valence-electron chi connectivity index (χ2n) is 4.09. The SMILES string of the molecule is Cc1c2c(cc(Cl)c1C(N)C(=O)O)OCCCO2. The van der Waals surface area contributed by atoms with E-state index >= 15 is 0 Å². The van der Waals surface area contributed by atoms with Gasteiger partial charge >= 0.3 is 5.97 Å². The lowest BCUT2D eigenvalue weighted by Gasteiger charge is -2.18. The van der Waals surface area contributed by atoms with E-state index in [1.165, 1.54) is 0 Å². The number of carboxylic acid groups (broad SMARTS) is 1. The molecule has 1 aliphatic heterocycles. The van der Waals surface area contributed by atoms with Gasteiger partial charge in [0.15, 0.2) is 11.5 Å². The number of ether oxygens (including phenoxy) is 2. The fourth-order valence-electron chi connectivity index (χ4n) is 1.95. The Hall–Kier alpha value is -1.46. The summed E-state index contributed by atoms with van der Waals surface area (Å²) in [4.78, 5) is 11.0. The Morgan fingerprint density at radius 1 is 1.50 bits per heavy atom. The molecular weight excluding hydrogens is 258 g/mol. The van der Waals surface area contributed by atoms with Gasteiger partial charge in [0.2, 0.25) is 0 Å². The van der Waals surface area contributed by atoms with E-state index in [1.807, 2.05) is 0 Å². The molecule has 18 heavy (non-hydrogen) atoms. The van der Waals surface area contributed by atoms with Crippen LogP contribution in [0.15, 0.2) is 6.07 Å². The van der Waals surface area contributed by atoms with Crippen molar-refractivity contribution in [3.63, 3.8) is 0 Å². The van der Waals surface area contributed by atoms with Crippen molar-refractivity contribution >= 4 is 17.6 Å². The zero-order valence-corrected chi connectivity index (χ0v) is 10.7. The molecule has 1 aliphatic rings. The van der Waals surface area contributed by atoms with Gasteiger partial charge in [0.1, 0.15) is 6.04 Å². The van der Waals surface area contributed by atoms with Crippen LogP contribution in [0.4, 0.5) is 0 Å². The van der Waals surface area contributed by atoms with Gasteiger partial charge in [-0.2, -0.15) is 0 Å². The van der Waals surface area contributed by atoms with E-state index in [9.17, 15) is 4.79 Å². The van der Waals surface area contributed by atoms with E-state index in [4.69, 9.17) is 31.9 Å². The third-order valence-electron chi connectivity index (χ3n) is 2.85. The maximum absolute atomic E-state index is 11.0. The van der Waals surface area contributed by atoms with E-state index in [0.717, 1.165) is 6.42 Å². The minimum atomic E-state index is -1.17. The molecule has 1 aromatic rings. The normalized spacial score (nSPS) is 15.9. The molecule has 0 spiro atoms. The van der Waals surface area contributed by atoms with Crippen molar-refractivity contribution < 1.29 is 19.4 Å². The lowest BCUT2D eigenvalue weighted by atomic mass is 10.0. The Bertz CT molecular complexity index is 489. The number of hydrogen-bond acceptors (Lipinski definition) is 4. The zero-order valence-electron chi connectivity index (χ0n) is 9.90. The molecule has 5 nitrogen and oxygen atoms in total. The summed E-state index contributed by atoms with van der Waals surface area (Å²) in [7, 11) is 0. The van der Waals surface area contributed by atoms with Crippen LogP contribution in [0, 0.1) is 6.92 Å². The van der Waals surface area contributed by atoms with Crippen LogP contribution in [-0.2, 0) is 4.79 Å². The first-order chi connectivity index (χ1) is 8.52. The molecule has 2 rings (SSSR count). The topological polar surface area (TPSA) is 81.8 Å². The number of carboxylic acids is 1. The highest BCUT2D eigenvalue weighted by atomic mass is 35.5. The van der Waals surface area contributed by atoms with Gasteiger partial charge in [0.25, 0.3) is 0 Å². The molecule has 0 aliphatic carbocycles. The van der Waals surface area contributed by atoms with Crippen LogP contribution in [0.25, 0.3) is 0 Å². The van der Waals surface area contributed by atoms with Crippen LogP contribution in [0.1, 0.15) is 23.6 Å². The number of hydrogen-bond donors (Lipinski definition) is 2. The first kappa shape index (κ1) is 13.0. The number of halogens is 1. The summed E-state index contributed by atoms with van der Waals surface area (Å²) in [5, 5.41) is 9.27.